The third kappa shape index (κ3) is 3.09. The van der Waals surface area contributed by atoms with E-state index in [0.29, 0.717) is 0 Å². The van der Waals surface area contributed by atoms with Crippen LogP contribution in [0.4, 0.5) is 0 Å². The van der Waals surface area contributed by atoms with Crippen LogP contribution in [0.25, 0.3) is 22.1 Å². The highest BCUT2D eigenvalue weighted by atomic mass is 16.2. The van der Waals surface area contributed by atoms with E-state index in [1.807, 2.05) is 62.4 Å². The second-order valence-corrected chi connectivity index (χ2v) is 7.34. The number of carbonyl (C=O) groups is 1. The standard InChI is InChI=1S/C21H23N5O2/c1-13(2)19(20-22-14-8-4-5-9-15(14)23-20)24-18(27)12-26-17-11-7-6-10-16(17)25(3)21(26)28/h4-11,13,19H,12H2,1-3H3,(H,22,23)(H,24,27)/t19-/m0/s1. The van der Waals surface area contributed by atoms with Crippen molar-refractivity contribution in [2.75, 3.05) is 0 Å². The first-order valence-corrected chi connectivity index (χ1v) is 9.34. The number of carbonyl (C=O) groups excluding carboxylic acids is 1. The van der Waals surface area contributed by atoms with Crippen molar-refractivity contribution in [3.05, 3.63) is 64.8 Å². The first-order chi connectivity index (χ1) is 13.5. The highest BCUT2D eigenvalue weighted by molar-refractivity contribution is 5.81. The van der Waals surface area contributed by atoms with Crippen LogP contribution in [-0.4, -0.2) is 25.0 Å². The molecule has 0 fully saturated rings. The van der Waals surface area contributed by atoms with Crippen molar-refractivity contribution in [1.29, 1.82) is 0 Å². The van der Waals surface area contributed by atoms with Gasteiger partial charge in [0.25, 0.3) is 0 Å². The molecule has 7 nitrogen and oxygen atoms in total. The van der Waals surface area contributed by atoms with E-state index < -0.39 is 0 Å². The number of imidazole rings is 2. The highest BCUT2D eigenvalue weighted by Crippen LogP contribution is 2.22. The largest absolute Gasteiger partial charge is 0.344 e. The molecule has 0 unspecified atom stereocenters. The summed E-state index contributed by atoms with van der Waals surface area (Å²) < 4.78 is 3.06. The van der Waals surface area contributed by atoms with Gasteiger partial charge in [0.1, 0.15) is 12.4 Å². The quantitative estimate of drug-likeness (QED) is 0.561. The minimum Gasteiger partial charge on any atom is -0.344 e. The molecule has 2 aromatic carbocycles. The van der Waals surface area contributed by atoms with Gasteiger partial charge in [0.05, 0.1) is 28.1 Å². The smallest absolute Gasteiger partial charge is 0.329 e. The predicted octanol–water partition coefficient (Wildman–Crippen LogP) is 2.73. The molecule has 1 amide bonds. The predicted molar refractivity (Wildman–Crippen MR) is 109 cm³/mol. The lowest BCUT2D eigenvalue weighted by Crippen LogP contribution is -2.37. The number of nitrogens with one attached hydrogen (secondary N) is 2. The number of aromatic nitrogens is 4. The van der Waals surface area contributed by atoms with Crippen LogP contribution in [0.1, 0.15) is 25.7 Å². The number of aryl methyl sites for hydroxylation is 1. The van der Waals surface area contributed by atoms with E-state index in [2.05, 4.69) is 15.3 Å². The van der Waals surface area contributed by atoms with Gasteiger partial charge in [-0.25, -0.2) is 9.78 Å². The molecule has 0 aliphatic heterocycles. The van der Waals surface area contributed by atoms with E-state index in [9.17, 15) is 9.59 Å². The molecule has 0 spiro atoms. The van der Waals surface area contributed by atoms with Gasteiger partial charge >= 0.3 is 5.69 Å². The molecule has 0 bridgehead atoms. The van der Waals surface area contributed by atoms with Gasteiger partial charge in [0.15, 0.2) is 0 Å². The average Bonchev–Trinajstić information content (AvgIpc) is 3.21. The van der Waals surface area contributed by atoms with Crippen molar-refractivity contribution in [2.24, 2.45) is 13.0 Å². The Morgan fingerprint density at radius 1 is 1.11 bits per heavy atom. The summed E-state index contributed by atoms with van der Waals surface area (Å²) in [5.41, 5.74) is 3.14. The molecule has 0 saturated heterocycles. The minimum atomic E-state index is -0.273. The van der Waals surface area contributed by atoms with Crippen LogP contribution in [0.15, 0.2) is 53.3 Å². The number of hydrogen-bond acceptors (Lipinski definition) is 3. The van der Waals surface area contributed by atoms with Gasteiger partial charge in [-0.15, -0.1) is 0 Å². The zero-order valence-corrected chi connectivity index (χ0v) is 16.1. The van der Waals surface area contributed by atoms with Crippen molar-refractivity contribution in [1.82, 2.24) is 24.4 Å². The van der Waals surface area contributed by atoms with Crippen molar-refractivity contribution in [3.8, 4) is 0 Å². The summed E-state index contributed by atoms with van der Waals surface area (Å²) >= 11 is 0. The summed E-state index contributed by atoms with van der Waals surface area (Å²) in [6.45, 7) is 4.02. The molecule has 28 heavy (non-hydrogen) atoms. The topological polar surface area (TPSA) is 84.7 Å². The Hall–Kier alpha value is -3.35. The van der Waals surface area contributed by atoms with E-state index >= 15 is 0 Å². The normalized spacial score (nSPS) is 12.7. The average molecular weight is 377 g/mol. The Morgan fingerprint density at radius 2 is 1.79 bits per heavy atom. The molecule has 2 N–H and O–H groups in total. The first kappa shape index (κ1) is 18.0. The number of benzene rings is 2. The van der Waals surface area contributed by atoms with Crippen molar-refractivity contribution >= 4 is 28.0 Å². The second-order valence-electron chi connectivity index (χ2n) is 7.34. The monoisotopic (exact) mass is 377 g/mol. The van der Waals surface area contributed by atoms with Crippen molar-refractivity contribution < 1.29 is 4.79 Å². The number of rotatable bonds is 5. The van der Waals surface area contributed by atoms with Crippen LogP contribution < -0.4 is 11.0 Å². The Balaban J connectivity index is 1.61. The summed E-state index contributed by atoms with van der Waals surface area (Å²) in [4.78, 5) is 33.3. The zero-order chi connectivity index (χ0) is 19.8. The summed E-state index contributed by atoms with van der Waals surface area (Å²) in [6, 6.07) is 15.0. The maximum Gasteiger partial charge on any atom is 0.329 e. The third-order valence-corrected chi connectivity index (χ3v) is 5.04. The number of aromatic amines is 1. The van der Waals surface area contributed by atoms with Crippen LogP contribution in [0.5, 0.6) is 0 Å². The maximum absolute atomic E-state index is 12.8. The first-order valence-electron chi connectivity index (χ1n) is 9.34. The molecular weight excluding hydrogens is 354 g/mol. The molecule has 7 heteroatoms. The van der Waals surface area contributed by atoms with Crippen molar-refractivity contribution in [3.63, 3.8) is 0 Å². The van der Waals surface area contributed by atoms with E-state index in [1.54, 1.807) is 11.6 Å². The molecule has 4 aromatic rings. The fraction of sp³-hybridized carbons (Fsp3) is 0.286. The van der Waals surface area contributed by atoms with E-state index in [1.165, 1.54) is 4.57 Å². The number of nitrogens with zero attached hydrogens (tertiary/aromatic N) is 3. The van der Waals surface area contributed by atoms with Crippen LogP contribution in [0.2, 0.25) is 0 Å². The fourth-order valence-corrected chi connectivity index (χ4v) is 3.55. The highest BCUT2D eigenvalue weighted by Gasteiger charge is 2.23. The Morgan fingerprint density at radius 3 is 2.50 bits per heavy atom. The van der Waals surface area contributed by atoms with Crippen LogP contribution in [0.3, 0.4) is 0 Å². The number of para-hydroxylation sites is 4. The number of fused-ring (bicyclic) bond motifs is 2. The third-order valence-electron chi connectivity index (χ3n) is 5.04. The molecular formula is C21H23N5O2. The minimum absolute atomic E-state index is 0.0381. The van der Waals surface area contributed by atoms with Gasteiger partial charge in [-0.3, -0.25) is 13.9 Å². The van der Waals surface area contributed by atoms with Gasteiger partial charge in [-0.1, -0.05) is 38.1 Å². The summed E-state index contributed by atoms with van der Waals surface area (Å²) in [5, 5.41) is 3.04. The molecule has 2 heterocycles. The van der Waals surface area contributed by atoms with Crippen LogP contribution in [-0.2, 0) is 18.4 Å². The maximum atomic E-state index is 12.8. The van der Waals surface area contributed by atoms with Gasteiger partial charge in [-0.2, -0.15) is 0 Å². The lowest BCUT2D eigenvalue weighted by Gasteiger charge is -2.20. The summed E-state index contributed by atoms with van der Waals surface area (Å²) in [6.07, 6.45) is 0. The second kappa shape index (κ2) is 6.99. The van der Waals surface area contributed by atoms with E-state index in [4.69, 9.17) is 0 Å². The van der Waals surface area contributed by atoms with E-state index in [-0.39, 0.29) is 30.1 Å². The Bertz CT molecular complexity index is 1180. The SMILES string of the molecule is CC(C)[C@H](NC(=O)Cn1c(=O)n(C)c2ccccc21)c1nc2ccccc2[nH]1. The molecule has 4 rings (SSSR count). The fourth-order valence-electron chi connectivity index (χ4n) is 3.55. The van der Waals surface area contributed by atoms with Gasteiger partial charge in [0.2, 0.25) is 5.91 Å². The molecule has 0 aliphatic carbocycles. The Kier molecular flexibility index (Phi) is 4.50. The van der Waals surface area contributed by atoms with Crippen molar-refractivity contribution in [2.45, 2.75) is 26.4 Å². The molecule has 1 atom stereocenters. The van der Waals surface area contributed by atoms with Gasteiger partial charge < -0.3 is 10.3 Å². The lowest BCUT2D eigenvalue weighted by molar-refractivity contribution is -0.122. The zero-order valence-electron chi connectivity index (χ0n) is 16.1. The number of hydrogen-bond donors (Lipinski definition) is 2. The lowest BCUT2D eigenvalue weighted by atomic mass is 10.0. The molecule has 2 aromatic heterocycles. The van der Waals surface area contributed by atoms with Gasteiger partial charge in [0, 0.05) is 7.05 Å². The van der Waals surface area contributed by atoms with Crippen LogP contribution in [0, 0.1) is 5.92 Å². The molecule has 0 saturated carbocycles. The van der Waals surface area contributed by atoms with Crippen LogP contribution >= 0.6 is 0 Å². The molecule has 0 radical (unpaired) electrons. The van der Waals surface area contributed by atoms with Gasteiger partial charge in [-0.05, 0) is 30.2 Å². The number of H-pyrrole nitrogens is 1. The molecule has 144 valence electrons. The number of amides is 1. The Labute approximate surface area is 162 Å². The molecule has 0 aliphatic rings. The summed E-state index contributed by atoms with van der Waals surface area (Å²) in [7, 11) is 1.71. The van der Waals surface area contributed by atoms with E-state index in [0.717, 1.165) is 27.9 Å². The summed E-state index contributed by atoms with van der Waals surface area (Å²) in [5.74, 6) is 0.626.